The zero-order valence-electron chi connectivity index (χ0n) is 11.6. The van der Waals surface area contributed by atoms with Crippen LogP contribution in [0.25, 0.3) is 0 Å². The first kappa shape index (κ1) is 15.6. The molecule has 0 aliphatic carbocycles. The van der Waals surface area contributed by atoms with Crippen LogP contribution in [-0.4, -0.2) is 55.8 Å². The number of nitrogens with zero attached hydrogens (tertiary/aromatic N) is 1. The fraction of sp³-hybridized carbons (Fsp3) is 0.769. The van der Waals surface area contributed by atoms with E-state index in [1.807, 2.05) is 4.90 Å². The van der Waals surface area contributed by atoms with Gasteiger partial charge in [0.15, 0.2) is 5.78 Å². The monoisotopic (exact) mass is 270 g/mol. The van der Waals surface area contributed by atoms with Crippen LogP contribution in [0.3, 0.4) is 0 Å². The summed E-state index contributed by atoms with van der Waals surface area (Å²) >= 11 is 0. The minimum Gasteiger partial charge on any atom is -0.466 e. The molecule has 0 aromatic heterocycles. The fourth-order valence-electron chi connectivity index (χ4n) is 2.24. The summed E-state index contributed by atoms with van der Waals surface area (Å²) in [6, 6.07) is 0. The van der Waals surface area contributed by atoms with Crippen molar-refractivity contribution >= 4 is 17.7 Å². The van der Waals surface area contributed by atoms with Gasteiger partial charge in [-0.15, -0.1) is 0 Å². The number of carbonyl (C=O) groups excluding carboxylic acids is 3. The Balaban J connectivity index is 2.27. The van der Waals surface area contributed by atoms with E-state index in [1.165, 1.54) is 0 Å². The Bertz CT molecular complexity index is 336. The molecule has 1 amide bonds. The Morgan fingerprint density at radius 1 is 1.26 bits per heavy atom. The Morgan fingerprint density at radius 3 is 2.42 bits per heavy atom. The number of rotatable bonds is 6. The molecular formula is C13H22N2O4. The molecule has 1 aliphatic rings. The zero-order valence-corrected chi connectivity index (χ0v) is 11.6. The van der Waals surface area contributed by atoms with Gasteiger partial charge in [-0.2, -0.15) is 0 Å². The molecular weight excluding hydrogens is 248 g/mol. The number of hydrogen-bond donors (Lipinski definition) is 1. The number of Topliss-reactive ketones (excluding diaryl/α,β-unsaturated/α-hetero) is 1. The standard InChI is InChI=1S/C13H22N2O4/c1-3-19-12(17)8-11(16)9-15-6-4-10(5-7-15)13(18)14-2/h10H,3-9H2,1-2H3,(H,14,18). The maximum atomic E-state index is 11.6. The smallest absolute Gasteiger partial charge is 0.313 e. The normalized spacial score (nSPS) is 16.9. The van der Waals surface area contributed by atoms with E-state index in [9.17, 15) is 14.4 Å². The van der Waals surface area contributed by atoms with Gasteiger partial charge in [-0.3, -0.25) is 19.3 Å². The molecule has 0 atom stereocenters. The molecule has 0 aromatic carbocycles. The van der Waals surface area contributed by atoms with Crippen LogP contribution in [0.2, 0.25) is 0 Å². The summed E-state index contributed by atoms with van der Waals surface area (Å²) in [4.78, 5) is 36.2. The summed E-state index contributed by atoms with van der Waals surface area (Å²) in [7, 11) is 1.64. The lowest BCUT2D eigenvalue weighted by Gasteiger charge is -2.30. The van der Waals surface area contributed by atoms with Crippen molar-refractivity contribution in [1.82, 2.24) is 10.2 Å². The van der Waals surface area contributed by atoms with E-state index < -0.39 is 5.97 Å². The van der Waals surface area contributed by atoms with Crippen LogP contribution in [0.4, 0.5) is 0 Å². The van der Waals surface area contributed by atoms with Crippen LogP contribution < -0.4 is 5.32 Å². The molecule has 0 spiro atoms. The van der Waals surface area contributed by atoms with E-state index in [-0.39, 0.29) is 30.6 Å². The number of esters is 1. The second-order valence-electron chi connectivity index (χ2n) is 4.69. The maximum Gasteiger partial charge on any atom is 0.313 e. The second-order valence-corrected chi connectivity index (χ2v) is 4.69. The molecule has 1 fully saturated rings. The number of ketones is 1. The molecule has 6 nitrogen and oxygen atoms in total. The van der Waals surface area contributed by atoms with Crippen molar-refractivity contribution in [3.63, 3.8) is 0 Å². The van der Waals surface area contributed by atoms with Crippen molar-refractivity contribution in [2.75, 3.05) is 33.3 Å². The van der Waals surface area contributed by atoms with E-state index in [0.29, 0.717) is 19.7 Å². The molecule has 1 rings (SSSR count). The lowest BCUT2D eigenvalue weighted by molar-refractivity contribution is -0.145. The van der Waals surface area contributed by atoms with Crippen LogP contribution >= 0.6 is 0 Å². The molecule has 6 heteroatoms. The third kappa shape index (κ3) is 5.38. The van der Waals surface area contributed by atoms with Gasteiger partial charge < -0.3 is 10.1 Å². The average molecular weight is 270 g/mol. The Labute approximate surface area is 113 Å². The van der Waals surface area contributed by atoms with Gasteiger partial charge in [0.25, 0.3) is 0 Å². The minimum absolute atomic E-state index is 0.0430. The highest BCUT2D eigenvalue weighted by Crippen LogP contribution is 2.17. The minimum atomic E-state index is -0.465. The molecule has 0 saturated carbocycles. The van der Waals surface area contributed by atoms with Gasteiger partial charge in [-0.25, -0.2) is 0 Å². The highest BCUT2D eigenvalue weighted by Gasteiger charge is 2.25. The number of carbonyl (C=O) groups is 3. The first-order valence-corrected chi connectivity index (χ1v) is 6.68. The molecule has 1 heterocycles. The third-order valence-corrected chi connectivity index (χ3v) is 3.25. The number of ether oxygens (including phenoxy) is 1. The van der Waals surface area contributed by atoms with Gasteiger partial charge in [0, 0.05) is 13.0 Å². The van der Waals surface area contributed by atoms with Crippen LogP contribution in [0.15, 0.2) is 0 Å². The lowest BCUT2D eigenvalue weighted by atomic mass is 9.96. The van der Waals surface area contributed by atoms with Crippen LogP contribution in [0.1, 0.15) is 26.2 Å². The van der Waals surface area contributed by atoms with Crippen molar-refractivity contribution < 1.29 is 19.1 Å². The molecule has 1 aliphatic heterocycles. The number of likely N-dealkylation sites (tertiary alicyclic amines) is 1. The van der Waals surface area contributed by atoms with Gasteiger partial charge in [0.05, 0.1) is 13.2 Å². The average Bonchev–Trinajstić information content (AvgIpc) is 2.38. The molecule has 0 aromatic rings. The van der Waals surface area contributed by atoms with Gasteiger partial charge >= 0.3 is 5.97 Å². The van der Waals surface area contributed by atoms with E-state index in [1.54, 1.807) is 14.0 Å². The Hall–Kier alpha value is -1.43. The van der Waals surface area contributed by atoms with Crippen molar-refractivity contribution in [2.45, 2.75) is 26.2 Å². The summed E-state index contributed by atoms with van der Waals surface area (Å²) in [5.41, 5.74) is 0. The quantitative estimate of drug-likeness (QED) is 0.542. The van der Waals surface area contributed by atoms with E-state index in [0.717, 1.165) is 12.8 Å². The SMILES string of the molecule is CCOC(=O)CC(=O)CN1CCC(C(=O)NC)CC1. The van der Waals surface area contributed by atoms with E-state index in [4.69, 9.17) is 4.74 Å². The Kier molecular flexibility index (Phi) is 6.49. The molecule has 1 saturated heterocycles. The van der Waals surface area contributed by atoms with E-state index in [2.05, 4.69) is 5.32 Å². The summed E-state index contributed by atoms with van der Waals surface area (Å²) in [5.74, 6) is -0.483. The molecule has 0 bridgehead atoms. The number of nitrogens with one attached hydrogen (secondary N) is 1. The largest absolute Gasteiger partial charge is 0.466 e. The third-order valence-electron chi connectivity index (χ3n) is 3.25. The predicted molar refractivity (Wildman–Crippen MR) is 69.5 cm³/mol. The second kappa shape index (κ2) is 7.89. The van der Waals surface area contributed by atoms with Crippen molar-refractivity contribution in [3.8, 4) is 0 Å². The van der Waals surface area contributed by atoms with Gasteiger partial charge in [0.1, 0.15) is 6.42 Å². The topological polar surface area (TPSA) is 75.7 Å². The van der Waals surface area contributed by atoms with Gasteiger partial charge in [-0.05, 0) is 32.9 Å². The van der Waals surface area contributed by atoms with Crippen LogP contribution in [0, 0.1) is 5.92 Å². The lowest BCUT2D eigenvalue weighted by Crippen LogP contribution is -2.41. The number of hydrogen-bond acceptors (Lipinski definition) is 5. The van der Waals surface area contributed by atoms with Crippen molar-refractivity contribution in [2.24, 2.45) is 5.92 Å². The molecule has 0 unspecified atom stereocenters. The number of piperidine rings is 1. The molecule has 19 heavy (non-hydrogen) atoms. The molecule has 108 valence electrons. The van der Waals surface area contributed by atoms with Crippen molar-refractivity contribution in [3.05, 3.63) is 0 Å². The fourth-order valence-corrected chi connectivity index (χ4v) is 2.24. The van der Waals surface area contributed by atoms with Gasteiger partial charge in [0.2, 0.25) is 5.91 Å². The summed E-state index contributed by atoms with van der Waals surface area (Å²) in [5, 5.41) is 2.64. The van der Waals surface area contributed by atoms with Crippen molar-refractivity contribution in [1.29, 1.82) is 0 Å². The molecule has 1 N–H and O–H groups in total. The number of amides is 1. The zero-order chi connectivity index (χ0) is 14.3. The van der Waals surface area contributed by atoms with E-state index >= 15 is 0 Å². The summed E-state index contributed by atoms with van der Waals surface area (Å²) in [6.07, 6.45) is 1.35. The first-order chi connectivity index (χ1) is 9.06. The first-order valence-electron chi connectivity index (χ1n) is 6.68. The summed E-state index contributed by atoms with van der Waals surface area (Å²) in [6.45, 7) is 3.70. The Morgan fingerprint density at radius 2 is 1.89 bits per heavy atom. The highest BCUT2D eigenvalue weighted by atomic mass is 16.5. The summed E-state index contributed by atoms with van der Waals surface area (Å²) < 4.78 is 4.73. The highest BCUT2D eigenvalue weighted by molar-refractivity contribution is 5.96. The van der Waals surface area contributed by atoms with Crippen LogP contribution in [-0.2, 0) is 19.1 Å². The van der Waals surface area contributed by atoms with Crippen LogP contribution in [0.5, 0.6) is 0 Å². The maximum absolute atomic E-state index is 11.6. The molecule has 0 radical (unpaired) electrons. The van der Waals surface area contributed by atoms with Gasteiger partial charge in [-0.1, -0.05) is 0 Å². The predicted octanol–water partition coefficient (Wildman–Crippen LogP) is -0.0333.